The fourth-order valence-electron chi connectivity index (χ4n) is 4.05. The number of esters is 1. The summed E-state index contributed by atoms with van der Waals surface area (Å²) in [4.78, 5) is 50.9. The van der Waals surface area contributed by atoms with E-state index in [9.17, 15) is 29.0 Å². The quantitative estimate of drug-likeness (QED) is 0.221. The Kier molecular flexibility index (Phi) is 10.3. The molecule has 1 aromatic rings. The van der Waals surface area contributed by atoms with Crippen LogP contribution in [0.1, 0.15) is 61.4 Å². The lowest BCUT2D eigenvalue weighted by Gasteiger charge is -2.26. The zero-order chi connectivity index (χ0) is 26.8. The van der Waals surface area contributed by atoms with Gasteiger partial charge in [0.15, 0.2) is 6.61 Å². The number of aromatic hydroxyl groups is 1. The first-order valence-electron chi connectivity index (χ1n) is 12.2. The molecule has 3 N–H and O–H groups in total. The maximum Gasteiger partial charge on any atom is 0.524 e. The van der Waals surface area contributed by atoms with Gasteiger partial charge in [0.1, 0.15) is 23.2 Å². The van der Waals surface area contributed by atoms with Gasteiger partial charge in [-0.1, -0.05) is 23.4 Å². The first kappa shape index (κ1) is 28.4. The highest BCUT2D eigenvalue weighted by Crippen LogP contribution is 2.40. The van der Waals surface area contributed by atoms with Crippen LogP contribution in [-0.4, -0.2) is 63.2 Å². The average Bonchev–Trinajstić information content (AvgIpc) is 2.81. The van der Waals surface area contributed by atoms with Crippen molar-refractivity contribution in [2.75, 3.05) is 19.7 Å². The molecule has 0 radical (unpaired) electrons. The number of fused-ring (bicyclic) bond motifs is 1. The number of rotatable bonds is 5. The molecule has 0 aromatic heterocycles. The molecule has 3 rings (SSSR count). The number of piperidine rings is 1. The van der Waals surface area contributed by atoms with Gasteiger partial charge in [-0.15, -0.1) is 0 Å². The number of allylic oxidation sites excluding steroid dienone is 3. The molecule has 2 heterocycles. The number of hydrogen-bond donors (Lipinski definition) is 3. The van der Waals surface area contributed by atoms with E-state index in [4.69, 9.17) is 9.57 Å². The van der Waals surface area contributed by atoms with Crippen molar-refractivity contribution in [1.82, 2.24) is 4.90 Å². The summed E-state index contributed by atoms with van der Waals surface area (Å²) >= 11 is 0. The number of ether oxygens (including phenoxy) is 1. The molecular formula is C25H33N2O9P. The average molecular weight is 537 g/mol. The van der Waals surface area contributed by atoms with Crippen molar-refractivity contribution >= 4 is 25.4 Å². The predicted octanol–water partition coefficient (Wildman–Crippen LogP) is 3.63. The second-order valence-corrected chi connectivity index (χ2v) is 10.1. The summed E-state index contributed by atoms with van der Waals surface area (Å²) in [6.07, 6.45) is 11.8. The molecule has 0 saturated carbocycles. The number of carbonyl (C=O) groups excluding carboxylic acids is 2. The van der Waals surface area contributed by atoms with Gasteiger partial charge in [-0.3, -0.25) is 14.6 Å². The van der Waals surface area contributed by atoms with Crippen LogP contribution in [0.15, 0.2) is 41.6 Å². The van der Waals surface area contributed by atoms with E-state index in [1.54, 1.807) is 17.9 Å². The zero-order valence-electron chi connectivity index (χ0n) is 20.7. The van der Waals surface area contributed by atoms with Crippen molar-refractivity contribution < 1.29 is 43.1 Å². The smallest absolute Gasteiger partial charge is 0.507 e. The number of phenolic OH excluding ortho intramolecular Hbond substituents is 1. The number of amides is 1. The van der Waals surface area contributed by atoms with Gasteiger partial charge < -0.3 is 24.1 Å². The van der Waals surface area contributed by atoms with Crippen molar-refractivity contribution in [3.63, 3.8) is 0 Å². The third-order valence-corrected chi connectivity index (χ3v) is 6.25. The Bertz CT molecular complexity index is 1100. The van der Waals surface area contributed by atoms with Crippen molar-refractivity contribution in [2.45, 2.75) is 58.0 Å². The molecule has 1 aromatic carbocycles. The molecule has 1 atom stereocenters. The third kappa shape index (κ3) is 9.35. The lowest BCUT2D eigenvalue weighted by molar-refractivity contribution is -0.137. The van der Waals surface area contributed by atoms with Crippen molar-refractivity contribution in [3.05, 3.63) is 47.6 Å². The van der Waals surface area contributed by atoms with Crippen LogP contribution in [-0.2, 0) is 25.4 Å². The lowest BCUT2D eigenvalue weighted by Crippen LogP contribution is -2.37. The minimum absolute atomic E-state index is 0.0744. The van der Waals surface area contributed by atoms with Crippen LogP contribution < -0.4 is 4.52 Å². The fourth-order valence-corrected chi connectivity index (χ4v) is 4.43. The van der Waals surface area contributed by atoms with Crippen molar-refractivity contribution in [2.24, 2.45) is 5.16 Å². The first-order chi connectivity index (χ1) is 17.6. The molecule has 0 bridgehead atoms. The van der Waals surface area contributed by atoms with E-state index >= 15 is 0 Å². The molecule has 2 aliphatic heterocycles. The summed E-state index contributed by atoms with van der Waals surface area (Å²) in [5.41, 5.74) is 0.293. The number of phosphoric ester groups is 1. The van der Waals surface area contributed by atoms with Gasteiger partial charge in [0.25, 0.3) is 5.91 Å². The molecule has 0 unspecified atom stereocenters. The van der Waals surface area contributed by atoms with Crippen molar-refractivity contribution in [1.29, 1.82) is 0 Å². The lowest BCUT2D eigenvalue weighted by atomic mass is 9.99. The molecular weight excluding hydrogens is 503 g/mol. The SMILES string of the molecule is C[C@@H]1C/C=C/CC/C=C/C(=NOCC(=O)N2CCCCC2)Cc2cc(OP(=O)(O)O)cc(O)c2C(=O)O1. The van der Waals surface area contributed by atoms with E-state index < -0.39 is 25.6 Å². The normalized spacial score (nSPS) is 22.4. The second-order valence-electron chi connectivity index (χ2n) is 8.94. The maximum absolute atomic E-state index is 12.9. The van der Waals surface area contributed by atoms with Crippen molar-refractivity contribution in [3.8, 4) is 11.5 Å². The number of hydrogen-bond acceptors (Lipinski definition) is 8. The van der Waals surface area contributed by atoms with E-state index in [-0.39, 0.29) is 35.8 Å². The van der Waals surface area contributed by atoms with E-state index in [1.807, 2.05) is 18.2 Å². The molecule has 0 aliphatic carbocycles. The number of likely N-dealkylation sites (tertiary alicyclic amines) is 1. The van der Waals surface area contributed by atoms with Gasteiger partial charge >= 0.3 is 13.8 Å². The number of phosphoric acid groups is 1. The minimum atomic E-state index is -4.93. The first-order valence-corrected chi connectivity index (χ1v) is 13.8. The van der Waals surface area contributed by atoms with E-state index in [0.717, 1.165) is 31.7 Å². The summed E-state index contributed by atoms with van der Waals surface area (Å²) < 4.78 is 21.5. The van der Waals surface area contributed by atoms with Crippen LogP contribution in [0.25, 0.3) is 0 Å². The molecule has 12 heteroatoms. The van der Waals surface area contributed by atoms with Crippen LogP contribution in [0.5, 0.6) is 11.5 Å². The Labute approximate surface area is 215 Å². The second kappa shape index (κ2) is 13.4. The number of oxime groups is 1. The number of phenols is 1. The van der Waals surface area contributed by atoms with E-state index in [1.165, 1.54) is 6.07 Å². The fraction of sp³-hybridized carbons (Fsp3) is 0.480. The number of cyclic esters (lactones) is 1. The van der Waals surface area contributed by atoms with E-state index in [0.29, 0.717) is 31.6 Å². The van der Waals surface area contributed by atoms with Crippen LogP contribution in [0, 0.1) is 0 Å². The highest BCUT2D eigenvalue weighted by molar-refractivity contribution is 7.46. The Hall–Kier alpha value is -3.14. The summed E-state index contributed by atoms with van der Waals surface area (Å²) in [5, 5.41) is 14.7. The summed E-state index contributed by atoms with van der Waals surface area (Å²) in [7, 11) is -4.93. The molecule has 1 amide bonds. The van der Waals surface area contributed by atoms with Crippen LogP contribution >= 0.6 is 7.82 Å². The predicted molar refractivity (Wildman–Crippen MR) is 135 cm³/mol. The molecule has 1 saturated heterocycles. The zero-order valence-corrected chi connectivity index (χ0v) is 21.6. The van der Waals surface area contributed by atoms with Gasteiger partial charge in [0.05, 0.1) is 5.71 Å². The Morgan fingerprint density at radius 2 is 1.89 bits per heavy atom. The highest BCUT2D eigenvalue weighted by Gasteiger charge is 2.25. The van der Waals surface area contributed by atoms with Gasteiger partial charge in [0.2, 0.25) is 0 Å². The monoisotopic (exact) mass is 536 g/mol. The van der Waals surface area contributed by atoms with Crippen LogP contribution in [0.3, 0.4) is 0 Å². The standard InChI is InChI=1S/C25H33N2O9P/c1-18-10-6-3-2-4-7-11-20(26-34-17-23(29)27-12-8-5-9-13-27)14-19-15-21(36-37(31,32)33)16-22(28)24(19)25(30)35-18/h3,6-7,11,15-16,18,28H,2,4-5,8-10,12-14,17H2,1H3,(H2,31,32,33)/b6-3+,11-7+,26-20?/t18-/m1/s1. The molecule has 1 fully saturated rings. The van der Waals surface area contributed by atoms with Crippen LogP contribution in [0.4, 0.5) is 0 Å². The summed E-state index contributed by atoms with van der Waals surface area (Å²) in [6, 6.07) is 2.17. The highest BCUT2D eigenvalue weighted by atomic mass is 31.2. The largest absolute Gasteiger partial charge is 0.524 e. The Morgan fingerprint density at radius 1 is 1.16 bits per heavy atom. The van der Waals surface area contributed by atoms with E-state index in [2.05, 4.69) is 9.68 Å². The Morgan fingerprint density at radius 3 is 2.62 bits per heavy atom. The number of carbonyl (C=O) groups is 2. The number of benzene rings is 1. The van der Waals surface area contributed by atoms with Gasteiger partial charge in [-0.25, -0.2) is 9.36 Å². The molecule has 37 heavy (non-hydrogen) atoms. The topological polar surface area (TPSA) is 155 Å². The van der Waals surface area contributed by atoms with Gasteiger partial charge in [-0.05, 0) is 56.7 Å². The number of nitrogens with zero attached hydrogens (tertiary/aromatic N) is 2. The molecule has 2 aliphatic rings. The molecule has 202 valence electrons. The minimum Gasteiger partial charge on any atom is -0.507 e. The third-order valence-electron chi connectivity index (χ3n) is 5.80. The van der Waals surface area contributed by atoms with Gasteiger partial charge in [0, 0.05) is 32.0 Å². The molecule has 11 nitrogen and oxygen atoms in total. The maximum atomic E-state index is 12.9. The van der Waals surface area contributed by atoms with Gasteiger partial charge in [-0.2, -0.15) is 0 Å². The summed E-state index contributed by atoms with van der Waals surface area (Å²) in [5.74, 6) is -1.88. The van der Waals surface area contributed by atoms with Crippen LogP contribution in [0.2, 0.25) is 0 Å². The Balaban J connectivity index is 1.92. The summed E-state index contributed by atoms with van der Waals surface area (Å²) in [6.45, 7) is 2.83. The molecule has 0 spiro atoms.